The summed E-state index contributed by atoms with van der Waals surface area (Å²) in [5.41, 5.74) is 1.17. The van der Waals surface area contributed by atoms with Gasteiger partial charge in [0, 0.05) is 18.1 Å². The number of fused-ring (bicyclic) bond motifs is 1. The van der Waals surface area contributed by atoms with Crippen LogP contribution in [0.5, 0.6) is 0 Å². The quantitative estimate of drug-likeness (QED) is 0.724. The van der Waals surface area contributed by atoms with E-state index in [4.69, 9.17) is 0 Å². The normalized spacial score (nSPS) is 11.1. The molecule has 0 atom stereocenters. The number of anilines is 1. The van der Waals surface area contributed by atoms with Crippen LogP contribution in [-0.2, 0) is 6.54 Å². The van der Waals surface area contributed by atoms with Crippen LogP contribution >= 0.6 is 11.3 Å². The molecular formula is C15H18N6OS. The van der Waals surface area contributed by atoms with E-state index in [1.807, 2.05) is 28.8 Å². The molecular weight excluding hydrogens is 312 g/mol. The first-order valence-electron chi connectivity index (χ1n) is 7.39. The van der Waals surface area contributed by atoms with Gasteiger partial charge in [-0.15, -0.1) is 21.5 Å². The van der Waals surface area contributed by atoms with Gasteiger partial charge in [-0.3, -0.25) is 9.20 Å². The van der Waals surface area contributed by atoms with Crippen LogP contribution in [0, 0.1) is 5.92 Å². The van der Waals surface area contributed by atoms with E-state index < -0.39 is 0 Å². The van der Waals surface area contributed by atoms with Crippen molar-refractivity contribution >= 4 is 28.0 Å². The molecule has 0 radical (unpaired) electrons. The van der Waals surface area contributed by atoms with Crippen LogP contribution in [0.2, 0.25) is 0 Å². The molecule has 1 amide bonds. The van der Waals surface area contributed by atoms with Gasteiger partial charge in [0.1, 0.15) is 5.69 Å². The minimum Gasteiger partial charge on any atom is -0.361 e. The molecule has 0 aliphatic heterocycles. The van der Waals surface area contributed by atoms with E-state index in [2.05, 4.69) is 39.7 Å². The van der Waals surface area contributed by atoms with Crippen molar-refractivity contribution in [1.29, 1.82) is 0 Å². The molecule has 0 aliphatic rings. The summed E-state index contributed by atoms with van der Waals surface area (Å²) >= 11 is 1.43. The summed E-state index contributed by atoms with van der Waals surface area (Å²) in [7, 11) is 0. The molecule has 0 saturated heterocycles. The number of carbonyl (C=O) groups is 1. The van der Waals surface area contributed by atoms with Gasteiger partial charge in [-0.05, 0) is 18.1 Å². The first-order chi connectivity index (χ1) is 11.1. The summed E-state index contributed by atoms with van der Waals surface area (Å²) in [6, 6.07) is 5.66. The fraction of sp³-hybridized carbons (Fsp3) is 0.333. The van der Waals surface area contributed by atoms with E-state index in [-0.39, 0.29) is 5.91 Å². The van der Waals surface area contributed by atoms with Crippen LogP contribution in [0.1, 0.15) is 30.2 Å². The zero-order valence-electron chi connectivity index (χ0n) is 13.0. The lowest BCUT2D eigenvalue weighted by Crippen LogP contribution is -2.24. The van der Waals surface area contributed by atoms with Crippen LogP contribution in [0.3, 0.4) is 0 Å². The molecule has 0 fully saturated rings. The molecule has 0 unspecified atom stereocenters. The highest BCUT2D eigenvalue weighted by atomic mass is 32.1. The number of hydrogen-bond acceptors (Lipinski definition) is 6. The Kier molecular flexibility index (Phi) is 4.52. The van der Waals surface area contributed by atoms with E-state index >= 15 is 0 Å². The van der Waals surface area contributed by atoms with Crippen LogP contribution in [0.4, 0.5) is 5.13 Å². The summed E-state index contributed by atoms with van der Waals surface area (Å²) in [4.78, 5) is 16.5. The second kappa shape index (κ2) is 6.74. The van der Waals surface area contributed by atoms with Gasteiger partial charge in [0.25, 0.3) is 5.91 Å². The standard InChI is InChI=1S/C15H18N6OS/c1-10(2)7-17-15-18-11(9-23-15)14(22)16-8-13-20-19-12-5-3-4-6-21(12)13/h3-6,9-10H,7-8H2,1-2H3,(H,16,22)(H,17,18). The molecule has 0 aromatic carbocycles. The van der Waals surface area contributed by atoms with Crippen molar-refractivity contribution in [3.63, 3.8) is 0 Å². The number of nitrogens with zero attached hydrogens (tertiary/aromatic N) is 4. The maximum Gasteiger partial charge on any atom is 0.271 e. The van der Waals surface area contributed by atoms with Crippen molar-refractivity contribution < 1.29 is 4.79 Å². The molecule has 8 heteroatoms. The zero-order valence-corrected chi connectivity index (χ0v) is 13.8. The summed E-state index contributed by atoms with van der Waals surface area (Å²) < 4.78 is 1.84. The highest BCUT2D eigenvalue weighted by Crippen LogP contribution is 2.15. The molecule has 3 rings (SSSR count). The molecule has 3 aromatic rings. The fourth-order valence-corrected chi connectivity index (χ4v) is 2.71. The maximum absolute atomic E-state index is 12.2. The van der Waals surface area contributed by atoms with Crippen molar-refractivity contribution in [2.24, 2.45) is 5.92 Å². The van der Waals surface area contributed by atoms with E-state index in [1.165, 1.54) is 11.3 Å². The zero-order chi connectivity index (χ0) is 16.2. The minimum absolute atomic E-state index is 0.216. The van der Waals surface area contributed by atoms with Gasteiger partial charge in [0.05, 0.1) is 6.54 Å². The molecule has 3 heterocycles. The summed E-state index contributed by atoms with van der Waals surface area (Å²) in [6.45, 7) is 5.38. The second-order valence-corrected chi connectivity index (χ2v) is 6.40. The van der Waals surface area contributed by atoms with Crippen LogP contribution in [-0.4, -0.2) is 32.0 Å². The van der Waals surface area contributed by atoms with E-state index in [0.717, 1.165) is 17.3 Å². The predicted octanol–water partition coefficient (Wildman–Crippen LogP) is 2.18. The number of hydrogen-bond donors (Lipinski definition) is 2. The van der Waals surface area contributed by atoms with Gasteiger partial charge in [-0.1, -0.05) is 19.9 Å². The number of thiazole rings is 1. The third-order valence-corrected chi connectivity index (χ3v) is 3.99. The topological polar surface area (TPSA) is 84.2 Å². The van der Waals surface area contributed by atoms with Crippen molar-refractivity contribution in [3.8, 4) is 0 Å². The molecule has 2 N–H and O–H groups in total. The number of aromatic nitrogens is 4. The molecule has 0 aliphatic carbocycles. The number of rotatable bonds is 6. The van der Waals surface area contributed by atoms with E-state index in [1.54, 1.807) is 5.38 Å². The van der Waals surface area contributed by atoms with Gasteiger partial charge < -0.3 is 10.6 Å². The summed E-state index contributed by atoms with van der Waals surface area (Å²) in [5, 5.41) is 16.7. The molecule has 23 heavy (non-hydrogen) atoms. The van der Waals surface area contributed by atoms with Gasteiger partial charge in [0.2, 0.25) is 0 Å². The van der Waals surface area contributed by atoms with Gasteiger partial charge in [-0.2, -0.15) is 0 Å². The third kappa shape index (κ3) is 3.65. The molecule has 0 bridgehead atoms. The van der Waals surface area contributed by atoms with E-state index in [9.17, 15) is 4.79 Å². The maximum atomic E-state index is 12.2. The third-order valence-electron chi connectivity index (χ3n) is 3.19. The Morgan fingerprint density at radius 1 is 1.35 bits per heavy atom. The first kappa shape index (κ1) is 15.4. The van der Waals surface area contributed by atoms with Crippen LogP contribution < -0.4 is 10.6 Å². The largest absolute Gasteiger partial charge is 0.361 e. The lowest BCUT2D eigenvalue weighted by atomic mass is 10.2. The smallest absolute Gasteiger partial charge is 0.271 e. The van der Waals surface area contributed by atoms with Gasteiger partial charge in [-0.25, -0.2) is 4.98 Å². The Morgan fingerprint density at radius 3 is 3.04 bits per heavy atom. The van der Waals surface area contributed by atoms with Crippen molar-refractivity contribution in [2.45, 2.75) is 20.4 Å². The Morgan fingerprint density at radius 2 is 2.22 bits per heavy atom. The number of nitrogens with one attached hydrogen (secondary N) is 2. The monoisotopic (exact) mass is 330 g/mol. The Hall–Kier alpha value is -2.48. The second-order valence-electron chi connectivity index (χ2n) is 5.54. The van der Waals surface area contributed by atoms with Crippen molar-refractivity contribution in [3.05, 3.63) is 41.3 Å². The molecule has 3 aromatic heterocycles. The van der Waals surface area contributed by atoms with E-state index in [0.29, 0.717) is 24.0 Å². The number of amides is 1. The molecule has 0 spiro atoms. The van der Waals surface area contributed by atoms with Crippen molar-refractivity contribution in [2.75, 3.05) is 11.9 Å². The SMILES string of the molecule is CC(C)CNc1nc(C(=O)NCc2nnc3ccccn23)cs1. The Balaban J connectivity index is 1.61. The average Bonchev–Trinajstić information content (AvgIpc) is 3.18. The highest BCUT2D eigenvalue weighted by Gasteiger charge is 2.12. The lowest BCUT2D eigenvalue weighted by molar-refractivity contribution is 0.0945. The van der Waals surface area contributed by atoms with Gasteiger partial charge >= 0.3 is 0 Å². The number of carbonyl (C=O) groups excluding carboxylic acids is 1. The lowest BCUT2D eigenvalue weighted by Gasteiger charge is -2.04. The first-order valence-corrected chi connectivity index (χ1v) is 8.27. The van der Waals surface area contributed by atoms with Crippen LogP contribution in [0.25, 0.3) is 5.65 Å². The summed E-state index contributed by atoms with van der Waals surface area (Å²) in [6.07, 6.45) is 1.87. The summed E-state index contributed by atoms with van der Waals surface area (Å²) in [5.74, 6) is 0.992. The molecule has 120 valence electrons. The Labute approximate surface area is 137 Å². The van der Waals surface area contributed by atoms with Gasteiger partial charge in [0.15, 0.2) is 16.6 Å². The molecule has 7 nitrogen and oxygen atoms in total. The molecule has 0 saturated carbocycles. The highest BCUT2D eigenvalue weighted by molar-refractivity contribution is 7.13. The fourth-order valence-electron chi connectivity index (χ4n) is 2.01. The average molecular weight is 330 g/mol. The minimum atomic E-state index is -0.216. The van der Waals surface area contributed by atoms with Crippen LogP contribution in [0.15, 0.2) is 29.8 Å². The predicted molar refractivity (Wildman–Crippen MR) is 89.6 cm³/mol. The van der Waals surface area contributed by atoms with Crippen molar-refractivity contribution in [1.82, 2.24) is 24.9 Å². The Bertz CT molecular complexity index is 809. The number of pyridine rings is 1.